The maximum Gasteiger partial charge on any atom is 0.180 e. The normalized spacial score (nSPS) is 11.8. The Labute approximate surface area is 96.9 Å². The summed E-state index contributed by atoms with van der Waals surface area (Å²) in [6.45, 7) is 4.01. The summed E-state index contributed by atoms with van der Waals surface area (Å²) in [4.78, 5) is 12.1. The Morgan fingerprint density at radius 1 is 1.38 bits per heavy atom. The summed E-state index contributed by atoms with van der Waals surface area (Å²) in [6.07, 6.45) is 2.33. The Hall–Kier alpha value is -1.62. The summed E-state index contributed by atoms with van der Waals surface area (Å²) >= 11 is 0. The van der Waals surface area contributed by atoms with Gasteiger partial charge in [0.1, 0.15) is 5.92 Å². The summed E-state index contributed by atoms with van der Waals surface area (Å²) in [6, 6.07) is 9.66. The molecule has 1 aromatic carbocycles. The molecule has 1 atom stereocenters. The van der Waals surface area contributed by atoms with Crippen LogP contribution in [0.2, 0.25) is 0 Å². The van der Waals surface area contributed by atoms with Crippen LogP contribution in [-0.4, -0.2) is 5.78 Å². The van der Waals surface area contributed by atoms with Crippen molar-refractivity contribution in [1.82, 2.24) is 0 Å². The molecule has 16 heavy (non-hydrogen) atoms. The smallest absolute Gasteiger partial charge is 0.180 e. The number of ketones is 1. The molecule has 0 saturated heterocycles. The second-order valence-electron chi connectivity index (χ2n) is 3.85. The van der Waals surface area contributed by atoms with Gasteiger partial charge in [-0.05, 0) is 18.4 Å². The topological polar surface area (TPSA) is 40.9 Å². The molecular formula is C14H17NO. The van der Waals surface area contributed by atoms with Gasteiger partial charge >= 0.3 is 0 Å². The SMILES string of the molecule is CCCC(C#N)C(=O)c1ccccc1CC. The zero-order valence-electron chi connectivity index (χ0n) is 9.86. The van der Waals surface area contributed by atoms with Gasteiger partial charge in [0.15, 0.2) is 5.78 Å². The Kier molecular flexibility index (Phi) is 4.72. The van der Waals surface area contributed by atoms with E-state index >= 15 is 0 Å². The molecule has 0 bridgehead atoms. The van der Waals surface area contributed by atoms with Crippen LogP contribution in [0.3, 0.4) is 0 Å². The average molecular weight is 215 g/mol. The Bertz CT molecular complexity index is 403. The zero-order chi connectivity index (χ0) is 12.0. The molecule has 2 heteroatoms. The largest absolute Gasteiger partial charge is 0.293 e. The highest BCUT2D eigenvalue weighted by atomic mass is 16.1. The monoisotopic (exact) mass is 215 g/mol. The molecule has 0 fully saturated rings. The molecular weight excluding hydrogens is 198 g/mol. The van der Waals surface area contributed by atoms with Gasteiger partial charge < -0.3 is 0 Å². The number of benzene rings is 1. The van der Waals surface area contributed by atoms with Gasteiger partial charge in [-0.3, -0.25) is 4.79 Å². The van der Waals surface area contributed by atoms with Crippen molar-refractivity contribution in [2.45, 2.75) is 33.1 Å². The van der Waals surface area contributed by atoms with E-state index in [-0.39, 0.29) is 5.78 Å². The molecule has 84 valence electrons. The van der Waals surface area contributed by atoms with Crippen LogP contribution in [0.15, 0.2) is 24.3 Å². The third kappa shape index (κ3) is 2.70. The number of aryl methyl sites for hydroxylation is 1. The van der Waals surface area contributed by atoms with E-state index in [0.29, 0.717) is 12.0 Å². The summed E-state index contributed by atoms with van der Waals surface area (Å²) in [5.41, 5.74) is 1.74. The van der Waals surface area contributed by atoms with E-state index < -0.39 is 5.92 Å². The molecule has 0 amide bonds. The summed E-state index contributed by atoms with van der Waals surface area (Å²) < 4.78 is 0. The molecule has 1 rings (SSSR count). The first-order valence-corrected chi connectivity index (χ1v) is 5.76. The van der Waals surface area contributed by atoms with Gasteiger partial charge in [-0.25, -0.2) is 0 Å². The number of hydrogen-bond acceptors (Lipinski definition) is 2. The van der Waals surface area contributed by atoms with Crippen LogP contribution in [-0.2, 0) is 6.42 Å². The van der Waals surface area contributed by atoms with E-state index in [1.54, 1.807) is 0 Å². The number of Topliss-reactive ketones (excluding diaryl/α,β-unsaturated/α-hetero) is 1. The molecule has 0 N–H and O–H groups in total. The molecule has 0 radical (unpaired) electrons. The van der Waals surface area contributed by atoms with Gasteiger partial charge in [0.25, 0.3) is 0 Å². The van der Waals surface area contributed by atoms with Crippen LogP contribution in [0.1, 0.15) is 42.6 Å². The zero-order valence-corrected chi connectivity index (χ0v) is 9.86. The number of carbonyl (C=O) groups is 1. The average Bonchev–Trinajstić information content (AvgIpc) is 2.35. The van der Waals surface area contributed by atoms with E-state index in [2.05, 4.69) is 6.07 Å². The van der Waals surface area contributed by atoms with Crippen molar-refractivity contribution in [2.75, 3.05) is 0 Å². The van der Waals surface area contributed by atoms with E-state index in [1.807, 2.05) is 38.1 Å². The number of rotatable bonds is 5. The van der Waals surface area contributed by atoms with Gasteiger partial charge in [-0.15, -0.1) is 0 Å². The lowest BCUT2D eigenvalue weighted by atomic mass is 9.91. The van der Waals surface area contributed by atoms with Crippen LogP contribution in [0.25, 0.3) is 0 Å². The van der Waals surface area contributed by atoms with Gasteiger partial charge in [0.05, 0.1) is 6.07 Å². The highest BCUT2D eigenvalue weighted by Gasteiger charge is 2.20. The van der Waals surface area contributed by atoms with E-state index in [0.717, 1.165) is 18.4 Å². The van der Waals surface area contributed by atoms with Gasteiger partial charge in [-0.2, -0.15) is 5.26 Å². The molecule has 0 aliphatic carbocycles. The molecule has 1 aromatic rings. The molecule has 2 nitrogen and oxygen atoms in total. The third-order valence-corrected chi connectivity index (χ3v) is 2.71. The van der Waals surface area contributed by atoms with Crippen molar-refractivity contribution in [3.05, 3.63) is 35.4 Å². The number of nitrogens with zero attached hydrogens (tertiary/aromatic N) is 1. The van der Waals surface area contributed by atoms with Gasteiger partial charge in [0, 0.05) is 5.56 Å². The molecule has 0 spiro atoms. The quantitative estimate of drug-likeness (QED) is 0.706. The van der Waals surface area contributed by atoms with Crippen molar-refractivity contribution < 1.29 is 4.79 Å². The summed E-state index contributed by atoms with van der Waals surface area (Å²) in [5, 5.41) is 8.98. The maximum atomic E-state index is 12.1. The molecule has 0 aromatic heterocycles. The maximum absolute atomic E-state index is 12.1. The highest BCUT2D eigenvalue weighted by Crippen LogP contribution is 2.17. The lowest BCUT2D eigenvalue weighted by Gasteiger charge is -2.10. The van der Waals surface area contributed by atoms with Crippen LogP contribution in [0, 0.1) is 17.2 Å². The number of hydrogen-bond donors (Lipinski definition) is 0. The Balaban J connectivity index is 2.99. The van der Waals surface area contributed by atoms with Crippen LogP contribution in [0.5, 0.6) is 0 Å². The number of carbonyl (C=O) groups excluding carboxylic acids is 1. The summed E-state index contributed by atoms with van der Waals surface area (Å²) in [5.74, 6) is -0.514. The first-order chi connectivity index (χ1) is 7.74. The minimum Gasteiger partial charge on any atom is -0.293 e. The van der Waals surface area contributed by atoms with Gasteiger partial charge in [0.2, 0.25) is 0 Å². The standard InChI is InChI=1S/C14H17NO/c1-3-7-12(10-15)14(16)13-9-6-5-8-11(13)4-2/h5-6,8-9,12H,3-4,7H2,1-2H3. The van der Waals surface area contributed by atoms with Crippen LogP contribution in [0.4, 0.5) is 0 Å². The molecule has 0 heterocycles. The molecule has 0 aliphatic rings. The van der Waals surface area contributed by atoms with Crippen molar-refractivity contribution in [3.8, 4) is 6.07 Å². The van der Waals surface area contributed by atoms with E-state index in [1.165, 1.54) is 0 Å². The Morgan fingerprint density at radius 2 is 2.06 bits per heavy atom. The van der Waals surface area contributed by atoms with Gasteiger partial charge in [-0.1, -0.05) is 44.5 Å². The lowest BCUT2D eigenvalue weighted by molar-refractivity contribution is 0.0942. The van der Waals surface area contributed by atoms with Crippen molar-refractivity contribution in [1.29, 1.82) is 5.26 Å². The highest BCUT2D eigenvalue weighted by molar-refractivity contribution is 6.00. The first-order valence-electron chi connectivity index (χ1n) is 5.76. The van der Waals surface area contributed by atoms with Crippen molar-refractivity contribution in [3.63, 3.8) is 0 Å². The first kappa shape index (κ1) is 12.4. The molecule has 1 unspecified atom stereocenters. The molecule has 0 aliphatic heterocycles. The van der Waals surface area contributed by atoms with E-state index in [9.17, 15) is 4.79 Å². The van der Waals surface area contributed by atoms with Crippen molar-refractivity contribution in [2.24, 2.45) is 5.92 Å². The summed E-state index contributed by atoms with van der Waals surface area (Å²) in [7, 11) is 0. The Morgan fingerprint density at radius 3 is 2.62 bits per heavy atom. The number of nitriles is 1. The predicted octanol–water partition coefficient (Wildman–Crippen LogP) is 3.37. The second-order valence-corrected chi connectivity index (χ2v) is 3.85. The van der Waals surface area contributed by atoms with Crippen LogP contribution < -0.4 is 0 Å². The fraction of sp³-hybridized carbons (Fsp3) is 0.429. The lowest BCUT2D eigenvalue weighted by Crippen LogP contribution is -2.14. The van der Waals surface area contributed by atoms with Crippen LogP contribution >= 0.6 is 0 Å². The molecule has 0 saturated carbocycles. The predicted molar refractivity (Wildman–Crippen MR) is 64.2 cm³/mol. The fourth-order valence-electron chi connectivity index (χ4n) is 1.80. The van der Waals surface area contributed by atoms with E-state index in [4.69, 9.17) is 5.26 Å². The second kappa shape index (κ2) is 6.07. The van der Waals surface area contributed by atoms with Crippen molar-refractivity contribution >= 4 is 5.78 Å². The fourth-order valence-corrected chi connectivity index (χ4v) is 1.80. The minimum absolute atomic E-state index is 0.0261. The third-order valence-electron chi connectivity index (χ3n) is 2.71. The minimum atomic E-state index is -0.488.